The van der Waals surface area contributed by atoms with E-state index in [0.717, 1.165) is 28.7 Å². The van der Waals surface area contributed by atoms with Gasteiger partial charge in [0.25, 0.3) is 5.91 Å². The number of hydrogen-bond donors (Lipinski definition) is 1. The van der Waals surface area contributed by atoms with Crippen LogP contribution in [0.2, 0.25) is 0 Å². The number of aromatic nitrogens is 3. The van der Waals surface area contributed by atoms with Crippen LogP contribution in [0.5, 0.6) is 0 Å². The Morgan fingerprint density at radius 2 is 2.04 bits per heavy atom. The molecule has 0 saturated carbocycles. The van der Waals surface area contributed by atoms with Crippen LogP contribution in [0, 0.1) is 0 Å². The lowest BCUT2D eigenvalue weighted by Crippen LogP contribution is -2.27. The normalized spacial score (nSPS) is 10.8. The third-order valence-electron chi connectivity index (χ3n) is 3.79. The number of nitrogens with one attached hydrogen (secondary N) is 1. The Hall–Kier alpha value is -2.34. The van der Waals surface area contributed by atoms with E-state index in [4.69, 9.17) is 0 Å². The van der Waals surface area contributed by atoms with Crippen LogP contribution < -0.4 is 5.32 Å². The molecule has 2 aromatic heterocycles. The average Bonchev–Trinajstić information content (AvgIpc) is 3.22. The number of benzene rings is 1. The molecule has 0 radical (unpaired) electrons. The van der Waals surface area contributed by atoms with Crippen LogP contribution in [-0.4, -0.2) is 26.8 Å². The molecule has 0 aliphatic carbocycles. The molecule has 6 heteroatoms. The van der Waals surface area contributed by atoms with Crippen molar-refractivity contribution in [3.8, 4) is 5.69 Å². The highest BCUT2D eigenvalue weighted by Crippen LogP contribution is 2.15. The Balaban J connectivity index is 1.57. The van der Waals surface area contributed by atoms with E-state index in [1.54, 1.807) is 0 Å². The van der Waals surface area contributed by atoms with Crippen molar-refractivity contribution >= 4 is 21.8 Å². The summed E-state index contributed by atoms with van der Waals surface area (Å²) in [4.78, 5) is 12.3. The van der Waals surface area contributed by atoms with Crippen LogP contribution in [0.25, 0.3) is 5.69 Å². The molecule has 24 heavy (non-hydrogen) atoms. The van der Waals surface area contributed by atoms with Gasteiger partial charge < -0.3 is 9.88 Å². The Morgan fingerprint density at radius 3 is 2.79 bits per heavy atom. The second-order valence-electron chi connectivity index (χ2n) is 5.46. The molecular formula is C18H19BrN4O. The number of amides is 1. The minimum absolute atomic E-state index is 0.0574. The number of rotatable bonds is 6. The molecule has 1 N–H and O–H groups in total. The van der Waals surface area contributed by atoms with Crippen LogP contribution in [0.15, 0.2) is 59.5 Å². The number of hydrogen-bond acceptors (Lipinski definition) is 2. The molecule has 0 bridgehead atoms. The zero-order chi connectivity index (χ0) is 16.9. The standard InChI is InChI=1S/C18H19BrN4O/c1-2-22-13-15(19)10-17(22)18(24)20-9-8-14-11-21-23(12-14)16-6-4-3-5-7-16/h3-7,10-13H,2,8-9H2,1H3,(H,20,24). The van der Waals surface area contributed by atoms with Crippen molar-refractivity contribution in [2.75, 3.05) is 6.54 Å². The third-order valence-corrected chi connectivity index (χ3v) is 4.23. The summed E-state index contributed by atoms with van der Waals surface area (Å²) in [6, 6.07) is 11.8. The molecule has 5 nitrogen and oxygen atoms in total. The summed E-state index contributed by atoms with van der Waals surface area (Å²) in [7, 11) is 0. The molecule has 0 atom stereocenters. The quantitative estimate of drug-likeness (QED) is 0.705. The van der Waals surface area contributed by atoms with Gasteiger partial charge in [-0.25, -0.2) is 4.68 Å². The van der Waals surface area contributed by atoms with Crippen LogP contribution >= 0.6 is 15.9 Å². The maximum atomic E-state index is 12.3. The van der Waals surface area contributed by atoms with E-state index < -0.39 is 0 Å². The highest BCUT2D eigenvalue weighted by Gasteiger charge is 2.11. The molecule has 0 aliphatic heterocycles. The smallest absolute Gasteiger partial charge is 0.267 e. The van der Waals surface area contributed by atoms with Crippen molar-refractivity contribution in [1.82, 2.24) is 19.7 Å². The van der Waals surface area contributed by atoms with Crippen LogP contribution in [0.1, 0.15) is 23.0 Å². The van der Waals surface area contributed by atoms with E-state index in [0.29, 0.717) is 12.2 Å². The van der Waals surface area contributed by atoms with Gasteiger partial charge in [-0.15, -0.1) is 0 Å². The topological polar surface area (TPSA) is 51.9 Å². The third kappa shape index (κ3) is 3.76. The summed E-state index contributed by atoms with van der Waals surface area (Å²) >= 11 is 3.41. The van der Waals surface area contributed by atoms with Gasteiger partial charge in [-0.3, -0.25) is 4.79 Å². The molecule has 3 rings (SSSR count). The Bertz CT molecular complexity index is 823. The van der Waals surface area contributed by atoms with Crippen molar-refractivity contribution in [3.05, 3.63) is 70.7 Å². The highest BCUT2D eigenvalue weighted by molar-refractivity contribution is 9.10. The molecule has 3 aromatic rings. The van der Waals surface area contributed by atoms with Gasteiger partial charge in [-0.05, 0) is 53.0 Å². The molecule has 1 aromatic carbocycles. The van der Waals surface area contributed by atoms with Gasteiger partial charge in [0, 0.05) is 30.0 Å². The second kappa shape index (κ2) is 7.49. The monoisotopic (exact) mass is 386 g/mol. The van der Waals surface area contributed by atoms with Gasteiger partial charge in [0.1, 0.15) is 5.69 Å². The van der Waals surface area contributed by atoms with Gasteiger partial charge in [0.05, 0.1) is 11.9 Å². The lowest BCUT2D eigenvalue weighted by atomic mass is 10.2. The van der Waals surface area contributed by atoms with Gasteiger partial charge in [-0.2, -0.15) is 5.10 Å². The highest BCUT2D eigenvalue weighted by atomic mass is 79.9. The minimum atomic E-state index is -0.0574. The van der Waals surface area contributed by atoms with Gasteiger partial charge in [0.2, 0.25) is 0 Å². The average molecular weight is 387 g/mol. The lowest BCUT2D eigenvalue weighted by molar-refractivity contribution is 0.0945. The molecule has 0 unspecified atom stereocenters. The zero-order valence-corrected chi connectivity index (χ0v) is 15.0. The number of para-hydroxylation sites is 1. The first-order valence-corrected chi connectivity index (χ1v) is 8.69. The van der Waals surface area contributed by atoms with Crippen molar-refractivity contribution < 1.29 is 4.79 Å². The summed E-state index contributed by atoms with van der Waals surface area (Å²) in [5.41, 5.74) is 2.79. The summed E-state index contributed by atoms with van der Waals surface area (Å²) in [5, 5.41) is 7.33. The maximum Gasteiger partial charge on any atom is 0.267 e. The largest absolute Gasteiger partial charge is 0.350 e. The maximum absolute atomic E-state index is 12.3. The summed E-state index contributed by atoms with van der Waals surface area (Å²) in [6.45, 7) is 3.35. The predicted molar refractivity (Wildman–Crippen MR) is 97.4 cm³/mol. The van der Waals surface area contributed by atoms with E-state index in [1.165, 1.54) is 0 Å². The molecule has 0 fully saturated rings. The molecule has 1 amide bonds. The van der Waals surface area contributed by atoms with Crippen molar-refractivity contribution in [2.24, 2.45) is 0 Å². The molecule has 0 aliphatic rings. The van der Waals surface area contributed by atoms with Gasteiger partial charge in [0.15, 0.2) is 0 Å². The van der Waals surface area contributed by atoms with Crippen LogP contribution in [0.4, 0.5) is 0 Å². The van der Waals surface area contributed by atoms with E-state index in [2.05, 4.69) is 26.3 Å². The second-order valence-corrected chi connectivity index (χ2v) is 6.38. The fourth-order valence-corrected chi connectivity index (χ4v) is 3.01. The fraction of sp³-hybridized carbons (Fsp3) is 0.222. The molecular weight excluding hydrogens is 368 g/mol. The SMILES string of the molecule is CCn1cc(Br)cc1C(=O)NCCc1cnn(-c2ccccc2)c1. The lowest BCUT2D eigenvalue weighted by Gasteiger charge is -2.07. The van der Waals surface area contributed by atoms with Crippen LogP contribution in [0.3, 0.4) is 0 Å². The molecule has 124 valence electrons. The first-order valence-electron chi connectivity index (χ1n) is 7.90. The Kier molecular flexibility index (Phi) is 5.15. The van der Waals surface area contributed by atoms with Crippen LogP contribution in [-0.2, 0) is 13.0 Å². The minimum Gasteiger partial charge on any atom is -0.350 e. The van der Waals surface area contributed by atoms with E-state index in [1.807, 2.05) is 71.2 Å². The predicted octanol–water partition coefficient (Wildman–Crippen LogP) is 3.43. The molecule has 0 saturated heterocycles. The van der Waals surface area contributed by atoms with E-state index >= 15 is 0 Å². The molecule has 0 spiro atoms. The number of carbonyl (C=O) groups is 1. The van der Waals surface area contributed by atoms with Gasteiger partial charge in [-0.1, -0.05) is 18.2 Å². The van der Waals surface area contributed by atoms with E-state index in [-0.39, 0.29) is 5.91 Å². The first kappa shape index (κ1) is 16.5. The van der Waals surface area contributed by atoms with Gasteiger partial charge >= 0.3 is 0 Å². The molecule has 2 heterocycles. The Labute approximate surface area is 149 Å². The zero-order valence-electron chi connectivity index (χ0n) is 13.4. The number of halogens is 1. The van der Waals surface area contributed by atoms with Crippen molar-refractivity contribution in [1.29, 1.82) is 0 Å². The summed E-state index contributed by atoms with van der Waals surface area (Å²) < 4.78 is 4.68. The number of aryl methyl sites for hydroxylation is 1. The first-order chi connectivity index (χ1) is 11.7. The summed E-state index contributed by atoms with van der Waals surface area (Å²) in [5.74, 6) is -0.0574. The fourth-order valence-electron chi connectivity index (χ4n) is 2.55. The van der Waals surface area contributed by atoms with Crippen molar-refractivity contribution in [2.45, 2.75) is 19.9 Å². The number of nitrogens with zero attached hydrogens (tertiary/aromatic N) is 3. The number of carbonyl (C=O) groups excluding carboxylic acids is 1. The van der Waals surface area contributed by atoms with Crippen molar-refractivity contribution in [3.63, 3.8) is 0 Å². The summed E-state index contributed by atoms with van der Waals surface area (Å²) in [6.07, 6.45) is 6.49. The Morgan fingerprint density at radius 1 is 1.25 bits per heavy atom. The van der Waals surface area contributed by atoms with E-state index in [9.17, 15) is 4.79 Å².